The molecule has 1 aromatic rings. The van der Waals surface area contributed by atoms with Gasteiger partial charge in [0.1, 0.15) is 0 Å². The van der Waals surface area contributed by atoms with Crippen LogP contribution in [0.5, 0.6) is 5.88 Å². The molecule has 1 aromatic heterocycles. The van der Waals surface area contributed by atoms with Crippen molar-refractivity contribution in [1.29, 1.82) is 0 Å². The van der Waals surface area contributed by atoms with Crippen LogP contribution in [-0.4, -0.2) is 24.6 Å². The van der Waals surface area contributed by atoms with Crippen molar-refractivity contribution < 1.29 is 17.9 Å². The van der Waals surface area contributed by atoms with Crippen LogP contribution in [0.25, 0.3) is 0 Å². The summed E-state index contributed by atoms with van der Waals surface area (Å²) < 4.78 is 41.9. The molecule has 1 rings (SSSR count). The van der Waals surface area contributed by atoms with Crippen molar-refractivity contribution >= 4 is 0 Å². The van der Waals surface area contributed by atoms with Crippen LogP contribution < -0.4 is 10.1 Å². The normalized spacial score (nSPS) is 10.8. The Labute approximate surface area is 91.6 Å². The number of pyridine rings is 1. The first-order valence-electron chi connectivity index (χ1n) is 4.90. The highest BCUT2D eigenvalue weighted by molar-refractivity contribution is 5.23. The van der Waals surface area contributed by atoms with Crippen LogP contribution in [0.15, 0.2) is 12.3 Å². The van der Waals surface area contributed by atoms with Crippen LogP contribution in [0.4, 0.5) is 13.2 Å². The molecular weight excluding hydrogens is 221 g/mol. The third-order valence-electron chi connectivity index (χ3n) is 1.85. The molecule has 90 valence electrons. The maximum Gasteiger partial charge on any atom is 0.272 e. The molecule has 6 heteroatoms. The summed E-state index contributed by atoms with van der Waals surface area (Å²) in [5.41, 5.74) is 0.348. The summed E-state index contributed by atoms with van der Waals surface area (Å²) in [4.78, 5) is 3.56. The van der Waals surface area contributed by atoms with Crippen LogP contribution >= 0.6 is 0 Å². The number of ether oxygens (including phenoxy) is 1. The number of hydrogen-bond acceptors (Lipinski definition) is 3. The largest absolute Gasteiger partial charge is 0.470 e. The molecule has 0 radical (unpaired) electrons. The average molecular weight is 234 g/mol. The monoisotopic (exact) mass is 234 g/mol. The Bertz CT molecular complexity index is 334. The van der Waals surface area contributed by atoms with E-state index in [1.165, 1.54) is 12.3 Å². The van der Waals surface area contributed by atoms with Crippen molar-refractivity contribution in [2.75, 3.05) is 13.2 Å². The Hall–Kier alpha value is -1.30. The smallest absolute Gasteiger partial charge is 0.272 e. The van der Waals surface area contributed by atoms with Gasteiger partial charge in [-0.15, -0.1) is 0 Å². The molecule has 0 aliphatic heterocycles. The Morgan fingerprint density at radius 2 is 2.25 bits per heavy atom. The van der Waals surface area contributed by atoms with Gasteiger partial charge in [0.25, 0.3) is 12.3 Å². The minimum Gasteiger partial charge on any atom is -0.470 e. The van der Waals surface area contributed by atoms with Gasteiger partial charge < -0.3 is 10.1 Å². The van der Waals surface area contributed by atoms with Crippen LogP contribution in [0.1, 0.15) is 12.5 Å². The third kappa shape index (κ3) is 3.69. The van der Waals surface area contributed by atoms with Gasteiger partial charge in [0.15, 0.2) is 12.4 Å². The van der Waals surface area contributed by atoms with E-state index in [1.54, 1.807) is 0 Å². The van der Waals surface area contributed by atoms with E-state index in [-0.39, 0.29) is 5.88 Å². The highest BCUT2D eigenvalue weighted by atomic mass is 19.3. The van der Waals surface area contributed by atoms with E-state index in [9.17, 15) is 13.2 Å². The first kappa shape index (κ1) is 12.8. The molecular formula is C10H13F3N2O. The van der Waals surface area contributed by atoms with Gasteiger partial charge >= 0.3 is 0 Å². The van der Waals surface area contributed by atoms with Gasteiger partial charge in [-0.3, -0.25) is 0 Å². The quantitative estimate of drug-likeness (QED) is 0.817. The van der Waals surface area contributed by atoms with Crippen LogP contribution in [0.2, 0.25) is 0 Å². The second-order valence-corrected chi connectivity index (χ2v) is 3.07. The molecule has 0 aromatic carbocycles. The van der Waals surface area contributed by atoms with E-state index in [2.05, 4.69) is 15.0 Å². The fraction of sp³-hybridized carbons (Fsp3) is 0.500. The summed E-state index contributed by atoms with van der Waals surface area (Å²) in [5.74, 6) is -1.07. The maximum atomic E-state index is 13.6. The fourth-order valence-corrected chi connectivity index (χ4v) is 1.10. The minimum atomic E-state index is -2.64. The molecule has 3 nitrogen and oxygen atoms in total. The fourth-order valence-electron chi connectivity index (χ4n) is 1.10. The second-order valence-electron chi connectivity index (χ2n) is 3.07. The number of rotatable bonds is 6. The summed E-state index contributed by atoms with van der Waals surface area (Å²) >= 11 is 0. The van der Waals surface area contributed by atoms with Crippen molar-refractivity contribution in [2.24, 2.45) is 0 Å². The molecule has 0 bridgehead atoms. The minimum absolute atomic E-state index is 0.315. The van der Waals surface area contributed by atoms with Gasteiger partial charge in [0.2, 0.25) is 0 Å². The molecule has 1 N–H and O–H groups in total. The SMILES string of the molecule is CCNCc1ccnc(OCC(F)F)c1F. The first-order chi connectivity index (χ1) is 7.65. The number of hydrogen-bond donors (Lipinski definition) is 1. The van der Waals surface area contributed by atoms with Gasteiger partial charge in [0, 0.05) is 18.3 Å². The lowest BCUT2D eigenvalue weighted by Gasteiger charge is -2.08. The van der Waals surface area contributed by atoms with E-state index in [1.807, 2.05) is 6.92 Å². The molecule has 0 unspecified atom stereocenters. The average Bonchev–Trinajstić information content (AvgIpc) is 2.26. The van der Waals surface area contributed by atoms with Crippen molar-refractivity contribution in [3.8, 4) is 5.88 Å². The molecule has 16 heavy (non-hydrogen) atoms. The van der Waals surface area contributed by atoms with Gasteiger partial charge in [-0.05, 0) is 12.6 Å². The summed E-state index contributed by atoms with van der Waals surface area (Å²) in [5, 5.41) is 2.93. The van der Waals surface area contributed by atoms with Gasteiger partial charge in [-0.2, -0.15) is 0 Å². The number of aromatic nitrogens is 1. The van der Waals surface area contributed by atoms with Gasteiger partial charge in [-0.25, -0.2) is 18.2 Å². The molecule has 0 amide bonds. The maximum absolute atomic E-state index is 13.6. The summed E-state index contributed by atoms with van der Waals surface area (Å²) in [6.45, 7) is 2.03. The molecule has 1 heterocycles. The highest BCUT2D eigenvalue weighted by Crippen LogP contribution is 2.17. The summed E-state index contributed by atoms with van der Waals surface area (Å²) in [6, 6.07) is 1.48. The third-order valence-corrected chi connectivity index (χ3v) is 1.85. The zero-order valence-corrected chi connectivity index (χ0v) is 8.84. The number of nitrogens with one attached hydrogen (secondary N) is 1. The lowest BCUT2D eigenvalue weighted by molar-refractivity contribution is 0.0772. The standard InChI is InChI=1S/C10H13F3N2O/c1-2-14-5-7-3-4-15-10(9(7)13)16-6-8(11)12/h3-4,8,14H,2,5-6H2,1H3. The molecule has 0 saturated heterocycles. The topological polar surface area (TPSA) is 34.2 Å². The summed E-state index contributed by atoms with van der Waals surface area (Å²) in [6.07, 6.45) is -1.31. The number of nitrogens with zero attached hydrogens (tertiary/aromatic N) is 1. The second kappa shape index (κ2) is 6.32. The van der Waals surface area contributed by atoms with E-state index in [0.29, 0.717) is 18.7 Å². The highest BCUT2D eigenvalue weighted by Gasteiger charge is 2.12. The molecule has 0 aliphatic rings. The van der Waals surface area contributed by atoms with Gasteiger partial charge in [-0.1, -0.05) is 6.92 Å². The van der Waals surface area contributed by atoms with E-state index in [0.717, 1.165) is 0 Å². The lowest BCUT2D eigenvalue weighted by atomic mass is 10.2. The zero-order valence-electron chi connectivity index (χ0n) is 8.84. The zero-order chi connectivity index (χ0) is 12.0. The van der Waals surface area contributed by atoms with Crippen LogP contribution in [-0.2, 0) is 6.54 Å². The Balaban J connectivity index is 2.70. The molecule has 0 spiro atoms. The Morgan fingerprint density at radius 3 is 2.88 bits per heavy atom. The summed E-state index contributed by atoms with van der Waals surface area (Å²) in [7, 11) is 0. The van der Waals surface area contributed by atoms with Gasteiger partial charge in [0.05, 0.1) is 0 Å². The predicted octanol–water partition coefficient (Wildman–Crippen LogP) is 1.97. The number of alkyl halides is 2. The molecule has 0 saturated carbocycles. The van der Waals surface area contributed by atoms with E-state index >= 15 is 0 Å². The number of halogens is 3. The first-order valence-corrected chi connectivity index (χ1v) is 4.90. The molecule has 0 aliphatic carbocycles. The van der Waals surface area contributed by atoms with Crippen LogP contribution in [0, 0.1) is 5.82 Å². The van der Waals surface area contributed by atoms with Crippen molar-refractivity contribution in [2.45, 2.75) is 19.9 Å². The van der Waals surface area contributed by atoms with Crippen molar-refractivity contribution in [3.63, 3.8) is 0 Å². The Morgan fingerprint density at radius 1 is 1.50 bits per heavy atom. The molecule has 0 atom stereocenters. The van der Waals surface area contributed by atoms with Crippen molar-refractivity contribution in [3.05, 3.63) is 23.6 Å². The lowest BCUT2D eigenvalue weighted by Crippen LogP contribution is -2.15. The Kier molecular flexibility index (Phi) is 5.04. The van der Waals surface area contributed by atoms with E-state index < -0.39 is 18.8 Å². The van der Waals surface area contributed by atoms with Crippen molar-refractivity contribution in [1.82, 2.24) is 10.3 Å². The van der Waals surface area contributed by atoms with E-state index in [4.69, 9.17) is 0 Å². The predicted molar refractivity (Wildman–Crippen MR) is 53.1 cm³/mol. The molecule has 0 fully saturated rings. The van der Waals surface area contributed by atoms with Crippen LogP contribution in [0.3, 0.4) is 0 Å².